The van der Waals surface area contributed by atoms with E-state index in [4.69, 9.17) is 4.74 Å². The lowest BCUT2D eigenvalue weighted by atomic mass is 9.99. The number of carbonyl (C=O) groups is 4. The number of amides is 3. The molecule has 0 saturated carbocycles. The first-order chi connectivity index (χ1) is 18.3. The van der Waals surface area contributed by atoms with Crippen LogP contribution in [-0.4, -0.2) is 40.9 Å². The third-order valence-electron chi connectivity index (χ3n) is 6.61. The largest absolute Gasteiger partial charge is 0.548 e. The third kappa shape index (κ3) is 6.00. The molecule has 1 heterocycles. The molecule has 3 aromatic carbocycles. The molecule has 1 aliphatic heterocycles. The molecule has 3 amide bonds. The van der Waals surface area contributed by atoms with Crippen LogP contribution in [0.15, 0.2) is 84.9 Å². The summed E-state index contributed by atoms with van der Waals surface area (Å²) in [6.45, 7) is 1.16. The zero-order chi connectivity index (χ0) is 27.1. The van der Waals surface area contributed by atoms with Gasteiger partial charge < -0.3 is 30.2 Å². The summed E-state index contributed by atoms with van der Waals surface area (Å²) >= 11 is 0. The molecule has 196 valence electrons. The van der Waals surface area contributed by atoms with E-state index in [2.05, 4.69) is 10.6 Å². The minimum atomic E-state index is -1.50. The van der Waals surface area contributed by atoms with E-state index < -0.39 is 42.0 Å². The summed E-state index contributed by atoms with van der Waals surface area (Å²) in [5, 5.41) is 17.0. The number of nitrogens with zero attached hydrogens (tertiary/aromatic N) is 1. The maximum atomic E-state index is 13.2. The summed E-state index contributed by atoms with van der Waals surface area (Å²) in [5.41, 5.74) is 0.742. The number of aliphatic carboxylic acids is 1. The zero-order valence-corrected chi connectivity index (χ0v) is 20.9. The quantitative estimate of drug-likeness (QED) is 0.445. The van der Waals surface area contributed by atoms with Gasteiger partial charge >= 0.3 is 12.0 Å². The monoisotopic (exact) mass is 514 g/mol. The molecule has 0 aliphatic carbocycles. The molecular formula is C29H28N3O6-. The molecule has 2 atom stereocenters. The zero-order valence-electron chi connectivity index (χ0n) is 20.9. The van der Waals surface area contributed by atoms with Crippen LogP contribution in [-0.2, 0) is 20.9 Å². The van der Waals surface area contributed by atoms with Gasteiger partial charge in [-0.2, -0.15) is 0 Å². The lowest BCUT2D eigenvalue weighted by Gasteiger charge is -2.39. The minimum absolute atomic E-state index is 0.116. The molecule has 9 nitrogen and oxygen atoms in total. The van der Waals surface area contributed by atoms with Gasteiger partial charge in [-0.3, -0.25) is 4.79 Å². The number of likely N-dealkylation sites (tertiary alicyclic amines) is 1. The lowest BCUT2D eigenvalue weighted by molar-refractivity contribution is -0.317. The van der Waals surface area contributed by atoms with Crippen molar-refractivity contribution in [3.8, 4) is 0 Å². The fourth-order valence-electron chi connectivity index (χ4n) is 4.60. The van der Waals surface area contributed by atoms with Crippen molar-refractivity contribution in [2.75, 3.05) is 11.9 Å². The molecule has 1 aliphatic rings. The van der Waals surface area contributed by atoms with E-state index in [0.29, 0.717) is 12.1 Å². The number of hydrogen-bond acceptors (Lipinski definition) is 6. The highest BCUT2D eigenvalue weighted by molar-refractivity contribution is 5.96. The van der Waals surface area contributed by atoms with Crippen LogP contribution < -0.4 is 15.7 Å². The molecule has 9 heteroatoms. The van der Waals surface area contributed by atoms with Crippen LogP contribution in [0, 0.1) is 0 Å². The number of carbonyl (C=O) groups excluding carboxylic acids is 4. The summed E-state index contributed by atoms with van der Waals surface area (Å²) in [4.78, 5) is 51.4. The predicted molar refractivity (Wildman–Crippen MR) is 138 cm³/mol. The topological polar surface area (TPSA) is 128 Å². The second-order valence-electron chi connectivity index (χ2n) is 9.24. The van der Waals surface area contributed by atoms with Crippen molar-refractivity contribution in [1.82, 2.24) is 10.2 Å². The molecular weight excluding hydrogens is 486 g/mol. The fraction of sp³-hybridized carbons (Fsp3) is 0.241. The maximum absolute atomic E-state index is 13.2. The number of benzene rings is 3. The van der Waals surface area contributed by atoms with Crippen LogP contribution in [0.2, 0.25) is 0 Å². The average Bonchev–Trinajstić information content (AvgIpc) is 3.30. The van der Waals surface area contributed by atoms with Crippen LogP contribution in [0.5, 0.6) is 0 Å². The second kappa shape index (κ2) is 11.6. The van der Waals surface area contributed by atoms with Gasteiger partial charge in [0.15, 0.2) is 0 Å². The number of hydrogen-bond donors (Lipinski definition) is 2. The standard InChI is InChI=1S/C29H29N3O6/c1-29(27(35)36)16-15-24(21-11-6-3-7-12-21)32(29)25(33)18-30-28(37)31-23-14-8-13-22(17-23)26(34)38-19-20-9-4-2-5-10-20/h2-14,17,24H,15-16,18-19H2,1H3,(H,35,36)(H2,30,31,37)/p-1. The minimum Gasteiger partial charge on any atom is -0.548 e. The van der Waals surface area contributed by atoms with Crippen LogP contribution in [0.4, 0.5) is 10.5 Å². The Labute approximate surface area is 220 Å². The molecule has 2 unspecified atom stereocenters. The summed E-state index contributed by atoms with van der Waals surface area (Å²) in [5.74, 6) is -2.43. The molecule has 0 spiro atoms. The number of rotatable bonds is 8. The van der Waals surface area contributed by atoms with E-state index in [1.807, 2.05) is 60.7 Å². The predicted octanol–water partition coefficient (Wildman–Crippen LogP) is 3.04. The fourth-order valence-corrected chi connectivity index (χ4v) is 4.60. The van der Waals surface area contributed by atoms with Gasteiger partial charge in [0.05, 0.1) is 29.7 Å². The molecule has 0 bridgehead atoms. The van der Waals surface area contributed by atoms with Gasteiger partial charge in [0.25, 0.3) is 0 Å². The van der Waals surface area contributed by atoms with Gasteiger partial charge in [-0.05, 0) is 49.1 Å². The van der Waals surface area contributed by atoms with Gasteiger partial charge in [0.2, 0.25) is 5.91 Å². The Morgan fingerprint density at radius 2 is 1.66 bits per heavy atom. The highest BCUT2D eigenvalue weighted by atomic mass is 16.5. The van der Waals surface area contributed by atoms with Crippen molar-refractivity contribution in [1.29, 1.82) is 0 Å². The van der Waals surface area contributed by atoms with Crippen LogP contribution in [0.3, 0.4) is 0 Å². The van der Waals surface area contributed by atoms with Gasteiger partial charge in [-0.25, -0.2) is 9.59 Å². The first-order valence-corrected chi connectivity index (χ1v) is 12.2. The summed E-state index contributed by atoms with van der Waals surface area (Å²) in [7, 11) is 0. The van der Waals surface area contributed by atoms with Crippen molar-refractivity contribution < 1.29 is 29.0 Å². The Morgan fingerprint density at radius 1 is 0.974 bits per heavy atom. The van der Waals surface area contributed by atoms with E-state index in [1.165, 1.54) is 17.9 Å². The summed E-state index contributed by atoms with van der Waals surface area (Å²) in [6.07, 6.45) is 0.694. The number of urea groups is 1. The van der Waals surface area contributed by atoms with Crippen molar-refractivity contribution in [3.63, 3.8) is 0 Å². The molecule has 1 saturated heterocycles. The number of carboxylic acid groups (broad SMARTS) is 1. The van der Waals surface area contributed by atoms with Crippen molar-refractivity contribution >= 4 is 29.6 Å². The van der Waals surface area contributed by atoms with Gasteiger partial charge in [-0.15, -0.1) is 0 Å². The van der Waals surface area contributed by atoms with E-state index >= 15 is 0 Å². The van der Waals surface area contributed by atoms with E-state index in [0.717, 1.165) is 11.1 Å². The van der Waals surface area contributed by atoms with E-state index in [-0.39, 0.29) is 18.6 Å². The number of nitrogens with one attached hydrogen (secondary N) is 2. The van der Waals surface area contributed by atoms with Crippen molar-refractivity contribution in [2.24, 2.45) is 0 Å². The Kier molecular flexibility index (Phi) is 8.06. The Bertz CT molecular complexity index is 1310. The molecule has 38 heavy (non-hydrogen) atoms. The highest BCUT2D eigenvalue weighted by Crippen LogP contribution is 2.42. The summed E-state index contributed by atoms with van der Waals surface area (Å²) < 4.78 is 5.32. The Hall–Kier alpha value is -4.66. The van der Waals surface area contributed by atoms with Crippen LogP contribution in [0.25, 0.3) is 0 Å². The number of carboxylic acids is 1. The van der Waals surface area contributed by atoms with Crippen LogP contribution in [0.1, 0.15) is 47.3 Å². The third-order valence-corrected chi connectivity index (χ3v) is 6.61. The normalized spacial score (nSPS) is 18.4. The number of ether oxygens (including phenoxy) is 1. The van der Waals surface area contributed by atoms with Gasteiger partial charge in [-0.1, -0.05) is 66.7 Å². The molecule has 0 radical (unpaired) electrons. The molecule has 2 N–H and O–H groups in total. The first kappa shape index (κ1) is 26.4. The Morgan fingerprint density at radius 3 is 2.34 bits per heavy atom. The molecule has 3 aromatic rings. The average molecular weight is 515 g/mol. The molecule has 1 fully saturated rings. The maximum Gasteiger partial charge on any atom is 0.338 e. The molecule has 0 aromatic heterocycles. The number of esters is 1. The smallest absolute Gasteiger partial charge is 0.338 e. The van der Waals surface area contributed by atoms with Crippen molar-refractivity contribution in [3.05, 3.63) is 102 Å². The second-order valence-corrected chi connectivity index (χ2v) is 9.24. The van der Waals surface area contributed by atoms with E-state index in [1.54, 1.807) is 18.2 Å². The lowest BCUT2D eigenvalue weighted by Crippen LogP contribution is -2.58. The number of anilines is 1. The SMILES string of the molecule is CC1(C(=O)[O-])CCC(c2ccccc2)N1C(=O)CNC(=O)Nc1cccc(C(=O)OCc2ccccc2)c1. The first-order valence-electron chi connectivity index (χ1n) is 12.2. The molecule has 4 rings (SSSR count). The summed E-state index contributed by atoms with van der Waals surface area (Å²) in [6, 6.07) is 23.5. The Balaban J connectivity index is 1.36. The van der Waals surface area contributed by atoms with Gasteiger partial charge in [0, 0.05) is 5.69 Å². The van der Waals surface area contributed by atoms with Crippen molar-refractivity contribution in [2.45, 2.75) is 38.0 Å². The highest BCUT2D eigenvalue weighted by Gasteiger charge is 2.47. The van der Waals surface area contributed by atoms with Crippen LogP contribution >= 0.6 is 0 Å². The van der Waals surface area contributed by atoms with E-state index in [9.17, 15) is 24.3 Å². The van der Waals surface area contributed by atoms with Gasteiger partial charge in [0.1, 0.15) is 6.61 Å².